The molecule has 0 aliphatic carbocycles. The maximum atomic E-state index is 12.5. The van der Waals surface area contributed by atoms with Crippen molar-refractivity contribution in [1.82, 2.24) is 4.98 Å². The third kappa shape index (κ3) is 5.10. The number of esters is 1. The number of hydrogen-bond donors (Lipinski definition) is 2. The summed E-state index contributed by atoms with van der Waals surface area (Å²) < 4.78 is 10.2. The molecule has 2 aromatic carbocycles. The van der Waals surface area contributed by atoms with Gasteiger partial charge in [0, 0.05) is 11.8 Å². The Balaban J connectivity index is 1.70. The standard InChI is InChI=1S/C22H21N3O4/c1-3-29-22(27)18-9-4-5-10-19(18)25-21(26)20-12-11-16(14-23-20)24-15-7-6-8-17(13-15)28-2/h4-14,24H,3H2,1-2H3,(H,25,26). The van der Waals surface area contributed by atoms with Gasteiger partial charge < -0.3 is 20.1 Å². The fraction of sp³-hybridized carbons (Fsp3) is 0.136. The van der Waals surface area contributed by atoms with E-state index in [1.54, 1.807) is 56.6 Å². The molecule has 148 valence electrons. The smallest absolute Gasteiger partial charge is 0.340 e. The van der Waals surface area contributed by atoms with E-state index >= 15 is 0 Å². The number of nitrogens with one attached hydrogen (secondary N) is 2. The Hall–Kier alpha value is -3.87. The SMILES string of the molecule is CCOC(=O)c1ccccc1NC(=O)c1ccc(Nc2cccc(OC)c2)cn1. The molecule has 29 heavy (non-hydrogen) atoms. The molecule has 1 aromatic heterocycles. The number of ether oxygens (including phenoxy) is 2. The first-order valence-corrected chi connectivity index (χ1v) is 9.05. The van der Waals surface area contributed by atoms with Gasteiger partial charge in [-0.25, -0.2) is 9.78 Å². The van der Waals surface area contributed by atoms with Crippen LogP contribution in [-0.4, -0.2) is 30.6 Å². The number of carbonyl (C=O) groups excluding carboxylic acids is 2. The van der Waals surface area contributed by atoms with Crippen LogP contribution in [0.3, 0.4) is 0 Å². The van der Waals surface area contributed by atoms with Crippen LogP contribution in [0.15, 0.2) is 66.9 Å². The molecule has 0 bridgehead atoms. The van der Waals surface area contributed by atoms with Gasteiger partial charge in [0.1, 0.15) is 11.4 Å². The van der Waals surface area contributed by atoms with Gasteiger partial charge in [0.15, 0.2) is 0 Å². The molecule has 0 saturated carbocycles. The normalized spacial score (nSPS) is 10.1. The molecule has 7 heteroatoms. The van der Waals surface area contributed by atoms with E-state index in [-0.39, 0.29) is 12.3 Å². The van der Waals surface area contributed by atoms with Crippen molar-refractivity contribution in [2.75, 3.05) is 24.4 Å². The minimum Gasteiger partial charge on any atom is -0.497 e. The summed E-state index contributed by atoms with van der Waals surface area (Å²) in [6, 6.07) is 17.5. The Kier molecular flexibility index (Phi) is 6.42. The predicted octanol–water partition coefficient (Wildman–Crippen LogP) is 4.26. The number of aromatic nitrogens is 1. The molecule has 0 spiro atoms. The van der Waals surface area contributed by atoms with Crippen LogP contribution in [0.4, 0.5) is 17.1 Å². The Morgan fingerprint density at radius 2 is 1.83 bits per heavy atom. The van der Waals surface area contributed by atoms with Crippen LogP contribution in [0.5, 0.6) is 5.75 Å². The van der Waals surface area contributed by atoms with E-state index in [4.69, 9.17) is 9.47 Å². The summed E-state index contributed by atoms with van der Waals surface area (Å²) in [6.07, 6.45) is 1.56. The molecule has 0 aliphatic heterocycles. The number of nitrogens with zero attached hydrogens (tertiary/aromatic N) is 1. The largest absolute Gasteiger partial charge is 0.497 e. The summed E-state index contributed by atoms with van der Waals surface area (Å²) in [5.74, 6) is -0.178. The quantitative estimate of drug-likeness (QED) is 0.585. The Morgan fingerprint density at radius 1 is 1.00 bits per heavy atom. The topological polar surface area (TPSA) is 89.5 Å². The first kappa shape index (κ1) is 19.9. The van der Waals surface area contributed by atoms with E-state index in [2.05, 4.69) is 15.6 Å². The Morgan fingerprint density at radius 3 is 2.55 bits per heavy atom. The highest BCUT2D eigenvalue weighted by Gasteiger charge is 2.15. The molecule has 1 heterocycles. The number of rotatable bonds is 7. The summed E-state index contributed by atoms with van der Waals surface area (Å²) in [6.45, 7) is 1.98. The lowest BCUT2D eigenvalue weighted by Crippen LogP contribution is -2.17. The maximum Gasteiger partial charge on any atom is 0.340 e. The van der Waals surface area contributed by atoms with Gasteiger partial charge in [-0.2, -0.15) is 0 Å². The van der Waals surface area contributed by atoms with Crippen molar-refractivity contribution in [1.29, 1.82) is 0 Å². The summed E-state index contributed by atoms with van der Waals surface area (Å²) >= 11 is 0. The molecule has 0 saturated heterocycles. The second kappa shape index (κ2) is 9.36. The first-order chi connectivity index (χ1) is 14.1. The van der Waals surface area contributed by atoms with Crippen LogP contribution < -0.4 is 15.4 Å². The molecule has 1 amide bonds. The lowest BCUT2D eigenvalue weighted by atomic mass is 10.1. The average Bonchev–Trinajstić information content (AvgIpc) is 2.75. The lowest BCUT2D eigenvalue weighted by molar-refractivity contribution is 0.0527. The Labute approximate surface area is 168 Å². The van der Waals surface area contributed by atoms with Gasteiger partial charge in [0.2, 0.25) is 0 Å². The summed E-state index contributed by atoms with van der Waals surface area (Å²) in [7, 11) is 1.61. The van der Waals surface area contributed by atoms with Crippen molar-refractivity contribution in [2.24, 2.45) is 0 Å². The van der Waals surface area contributed by atoms with Crippen LogP contribution in [0.2, 0.25) is 0 Å². The molecule has 2 N–H and O–H groups in total. The minimum absolute atomic E-state index is 0.222. The third-order valence-corrected chi connectivity index (χ3v) is 4.03. The van der Waals surface area contributed by atoms with Crippen molar-refractivity contribution in [3.05, 3.63) is 78.1 Å². The van der Waals surface area contributed by atoms with Crippen LogP contribution in [-0.2, 0) is 4.74 Å². The van der Waals surface area contributed by atoms with Crippen LogP contribution >= 0.6 is 0 Å². The van der Waals surface area contributed by atoms with E-state index < -0.39 is 11.9 Å². The van der Waals surface area contributed by atoms with Crippen molar-refractivity contribution < 1.29 is 19.1 Å². The first-order valence-electron chi connectivity index (χ1n) is 9.05. The zero-order chi connectivity index (χ0) is 20.6. The third-order valence-electron chi connectivity index (χ3n) is 4.03. The number of hydrogen-bond acceptors (Lipinski definition) is 6. The molecule has 3 rings (SSSR count). The van der Waals surface area contributed by atoms with E-state index in [1.807, 2.05) is 24.3 Å². The fourth-order valence-electron chi connectivity index (χ4n) is 2.63. The number of amides is 1. The van der Waals surface area contributed by atoms with E-state index in [0.717, 1.165) is 17.1 Å². The number of pyridine rings is 1. The molecule has 0 radical (unpaired) electrons. The van der Waals surface area contributed by atoms with Gasteiger partial charge in [-0.05, 0) is 43.3 Å². The van der Waals surface area contributed by atoms with Gasteiger partial charge in [-0.15, -0.1) is 0 Å². The fourth-order valence-corrected chi connectivity index (χ4v) is 2.63. The molecule has 0 unspecified atom stereocenters. The van der Waals surface area contributed by atoms with Crippen LogP contribution in [0.25, 0.3) is 0 Å². The van der Waals surface area contributed by atoms with Crippen molar-refractivity contribution >= 4 is 28.9 Å². The second-order valence-electron chi connectivity index (χ2n) is 6.01. The highest BCUT2D eigenvalue weighted by Crippen LogP contribution is 2.21. The summed E-state index contributed by atoms with van der Waals surface area (Å²) in [5, 5.41) is 5.91. The number of benzene rings is 2. The molecular formula is C22H21N3O4. The number of para-hydroxylation sites is 1. The highest BCUT2D eigenvalue weighted by atomic mass is 16.5. The zero-order valence-electron chi connectivity index (χ0n) is 16.1. The molecule has 0 aliphatic rings. The van der Waals surface area contributed by atoms with E-state index in [9.17, 15) is 9.59 Å². The zero-order valence-corrected chi connectivity index (χ0v) is 16.1. The van der Waals surface area contributed by atoms with Crippen molar-refractivity contribution in [3.8, 4) is 5.75 Å². The van der Waals surface area contributed by atoms with Crippen LogP contribution in [0.1, 0.15) is 27.8 Å². The number of anilines is 3. The second-order valence-corrected chi connectivity index (χ2v) is 6.01. The van der Waals surface area contributed by atoms with Crippen molar-refractivity contribution in [3.63, 3.8) is 0 Å². The predicted molar refractivity (Wildman–Crippen MR) is 111 cm³/mol. The van der Waals surface area contributed by atoms with E-state index in [1.165, 1.54) is 0 Å². The van der Waals surface area contributed by atoms with Crippen LogP contribution in [0, 0.1) is 0 Å². The monoisotopic (exact) mass is 391 g/mol. The maximum absolute atomic E-state index is 12.5. The highest BCUT2D eigenvalue weighted by molar-refractivity contribution is 6.07. The molecular weight excluding hydrogens is 370 g/mol. The minimum atomic E-state index is -0.491. The lowest BCUT2D eigenvalue weighted by Gasteiger charge is -2.11. The number of carbonyl (C=O) groups is 2. The van der Waals surface area contributed by atoms with Gasteiger partial charge in [0.25, 0.3) is 5.91 Å². The van der Waals surface area contributed by atoms with Crippen molar-refractivity contribution in [2.45, 2.75) is 6.92 Å². The number of methoxy groups -OCH3 is 1. The molecule has 0 atom stereocenters. The molecule has 3 aromatic rings. The molecule has 0 fully saturated rings. The van der Waals surface area contributed by atoms with Gasteiger partial charge in [-0.1, -0.05) is 18.2 Å². The van der Waals surface area contributed by atoms with Gasteiger partial charge >= 0.3 is 5.97 Å². The van der Waals surface area contributed by atoms with E-state index in [0.29, 0.717) is 11.3 Å². The summed E-state index contributed by atoms with van der Waals surface area (Å²) in [4.78, 5) is 28.8. The average molecular weight is 391 g/mol. The summed E-state index contributed by atoms with van der Waals surface area (Å²) in [5.41, 5.74) is 2.45. The molecule has 7 nitrogen and oxygen atoms in total. The van der Waals surface area contributed by atoms with Gasteiger partial charge in [0.05, 0.1) is 36.9 Å². The van der Waals surface area contributed by atoms with Gasteiger partial charge in [-0.3, -0.25) is 4.79 Å². The Bertz CT molecular complexity index is 1000.